The van der Waals surface area contributed by atoms with Crippen LogP contribution in [0.3, 0.4) is 0 Å². The van der Waals surface area contributed by atoms with E-state index in [1.807, 2.05) is 0 Å². The Balaban J connectivity index is 2.70. The molecule has 0 saturated heterocycles. The van der Waals surface area contributed by atoms with Crippen LogP contribution in [-0.2, 0) is 12.1 Å². The fourth-order valence-electron chi connectivity index (χ4n) is 1.92. The van der Waals surface area contributed by atoms with Crippen LogP contribution in [0.2, 0.25) is 0 Å². The van der Waals surface area contributed by atoms with Crippen LogP contribution in [0.25, 0.3) is 0 Å². The lowest BCUT2D eigenvalue weighted by Gasteiger charge is -2.19. The van der Waals surface area contributed by atoms with E-state index in [0.29, 0.717) is 0 Å². The summed E-state index contributed by atoms with van der Waals surface area (Å²) in [6.45, 7) is 0. The fourth-order valence-corrected chi connectivity index (χ4v) is 1.92. The summed E-state index contributed by atoms with van der Waals surface area (Å²) in [5.74, 6) is -8.83. The average molecular weight is 380 g/mol. The van der Waals surface area contributed by atoms with Crippen molar-refractivity contribution in [1.29, 1.82) is 0 Å². The Bertz CT molecular complexity index is 745. The monoisotopic (exact) mass is 380 g/mol. The fraction of sp³-hybridized carbons (Fsp3) is 0.308. The first kappa shape index (κ1) is 19.1. The highest BCUT2D eigenvalue weighted by molar-refractivity contribution is 5.29. The molecule has 1 unspecified atom stereocenters. The maximum atomic E-state index is 14.2. The predicted molar refractivity (Wildman–Crippen MR) is 62.8 cm³/mol. The Morgan fingerprint density at radius 1 is 0.880 bits per heavy atom. The number of hydrogen-bond donors (Lipinski definition) is 0. The molecule has 0 spiro atoms. The van der Waals surface area contributed by atoms with Crippen molar-refractivity contribution >= 4 is 0 Å². The van der Waals surface area contributed by atoms with Gasteiger partial charge in [-0.2, -0.15) is 49.3 Å². The predicted octanol–water partition coefficient (Wildman–Crippen LogP) is 5.21. The number of nitrogens with zero attached hydrogens (tertiary/aromatic N) is 2. The van der Waals surface area contributed by atoms with Gasteiger partial charge in [0.25, 0.3) is 0 Å². The summed E-state index contributed by atoms with van der Waals surface area (Å²) < 4.78 is 129. The molecule has 0 aliphatic heterocycles. The molecule has 0 aliphatic rings. The van der Waals surface area contributed by atoms with Crippen LogP contribution in [-0.4, -0.2) is 16.0 Å². The molecule has 2 rings (SSSR count). The summed E-state index contributed by atoms with van der Waals surface area (Å²) in [6.07, 6.45) is -15.3. The summed E-state index contributed by atoms with van der Waals surface area (Å²) in [7, 11) is 0. The smallest absolute Gasteiger partial charge is 0.216 e. The maximum Gasteiger partial charge on any atom is 0.459 e. The Morgan fingerprint density at radius 3 is 1.84 bits per heavy atom. The molecule has 138 valence electrons. The van der Waals surface area contributed by atoms with Gasteiger partial charge in [0, 0.05) is 5.56 Å². The molecule has 1 aromatic heterocycles. The van der Waals surface area contributed by atoms with Crippen molar-refractivity contribution in [2.45, 2.75) is 24.6 Å². The average Bonchev–Trinajstić information content (AvgIpc) is 2.84. The minimum absolute atomic E-state index is 0.500. The van der Waals surface area contributed by atoms with Crippen molar-refractivity contribution in [2.24, 2.45) is 0 Å². The molecule has 0 fully saturated rings. The third-order valence-electron chi connectivity index (χ3n) is 3.08. The van der Waals surface area contributed by atoms with Gasteiger partial charge in [-0.05, 0) is 0 Å². The molecule has 0 saturated carbocycles. The van der Waals surface area contributed by atoms with Crippen molar-refractivity contribution in [3.63, 3.8) is 0 Å². The number of alkyl halides is 9. The standard InChI is InChI=1S/C13H6F10N2/c14-9(6-4-2-1-3-5-6)25-10(15)7(12(18,19)20)8(24-25)11(16,17)13(21,22)23/h1-5,9H. The van der Waals surface area contributed by atoms with E-state index in [4.69, 9.17) is 0 Å². The minimum atomic E-state index is -6.49. The van der Waals surface area contributed by atoms with Crippen molar-refractivity contribution < 1.29 is 43.9 Å². The van der Waals surface area contributed by atoms with E-state index in [-0.39, 0.29) is 0 Å². The molecular formula is C13H6F10N2. The number of aromatic nitrogens is 2. The van der Waals surface area contributed by atoms with Gasteiger partial charge in [-0.3, -0.25) is 0 Å². The van der Waals surface area contributed by atoms with Gasteiger partial charge in [0.1, 0.15) is 5.56 Å². The molecule has 0 bridgehead atoms. The van der Waals surface area contributed by atoms with Crippen LogP contribution in [0.1, 0.15) is 23.1 Å². The van der Waals surface area contributed by atoms with Gasteiger partial charge in [-0.25, -0.2) is 4.39 Å². The van der Waals surface area contributed by atoms with E-state index in [1.54, 1.807) is 0 Å². The Hall–Kier alpha value is -2.27. The molecule has 1 heterocycles. The molecule has 0 N–H and O–H groups in total. The first-order chi connectivity index (χ1) is 11.3. The number of benzene rings is 1. The normalized spacial score (nSPS) is 14.6. The van der Waals surface area contributed by atoms with Gasteiger partial charge >= 0.3 is 18.3 Å². The topological polar surface area (TPSA) is 17.8 Å². The van der Waals surface area contributed by atoms with E-state index in [9.17, 15) is 43.9 Å². The summed E-state index contributed by atoms with van der Waals surface area (Å²) in [4.78, 5) is 0. The molecule has 0 amide bonds. The zero-order valence-corrected chi connectivity index (χ0v) is 11.6. The second-order valence-electron chi connectivity index (χ2n) is 4.78. The Labute approximate surface area is 132 Å². The second-order valence-corrected chi connectivity index (χ2v) is 4.78. The van der Waals surface area contributed by atoms with Gasteiger partial charge in [0.15, 0.2) is 5.69 Å². The summed E-state index contributed by atoms with van der Waals surface area (Å²) in [5.41, 5.74) is -6.43. The van der Waals surface area contributed by atoms with Gasteiger partial charge in [-0.15, -0.1) is 0 Å². The Kier molecular flexibility index (Phi) is 4.51. The van der Waals surface area contributed by atoms with E-state index >= 15 is 0 Å². The van der Waals surface area contributed by atoms with Gasteiger partial charge in [0.2, 0.25) is 12.2 Å². The number of rotatable bonds is 3. The highest BCUT2D eigenvalue weighted by Crippen LogP contribution is 2.48. The number of hydrogen-bond acceptors (Lipinski definition) is 1. The zero-order chi connectivity index (χ0) is 19.2. The van der Waals surface area contributed by atoms with Crippen LogP contribution in [0, 0.1) is 5.95 Å². The SMILES string of the molecule is Fc1c(C(F)(F)F)c(C(F)(F)C(F)(F)F)nn1C(F)c1ccccc1. The van der Waals surface area contributed by atoms with E-state index < -0.39 is 52.0 Å². The van der Waals surface area contributed by atoms with Crippen LogP contribution in [0.4, 0.5) is 43.9 Å². The molecule has 25 heavy (non-hydrogen) atoms. The molecule has 2 aromatic rings. The molecule has 2 nitrogen and oxygen atoms in total. The highest BCUT2D eigenvalue weighted by Gasteiger charge is 2.64. The minimum Gasteiger partial charge on any atom is -0.216 e. The second kappa shape index (κ2) is 5.92. The van der Waals surface area contributed by atoms with Crippen LogP contribution >= 0.6 is 0 Å². The van der Waals surface area contributed by atoms with Gasteiger partial charge in [-0.1, -0.05) is 30.3 Å². The van der Waals surface area contributed by atoms with Crippen molar-refractivity contribution in [1.82, 2.24) is 9.78 Å². The molecule has 1 atom stereocenters. The van der Waals surface area contributed by atoms with Crippen molar-refractivity contribution in [3.8, 4) is 0 Å². The molecular weight excluding hydrogens is 374 g/mol. The summed E-state index contributed by atoms with van der Waals surface area (Å²) in [6, 6.07) is 5.67. The summed E-state index contributed by atoms with van der Waals surface area (Å²) in [5, 5.41) is 2.27. The van der Waals surface area contributed by atoms with Gasteiger partial charge < -0.3 is 0 Å². The van der Waals surface area contributed by atoms with Gasteiger partial charge in [0.05, 0.1) is 0 Å². The number of halogens is 10. The summed E-state index contributed by atoms with van der Waals surface area (Å²) >= 11 is 0. The molecule has 0 radical (unpaired) electrons. The van der Waals surface area contributed by atoms with Crippen LogP contribution in [0.15, 0.2) is 30.3 Å². The lowest BCUT2D eigenvalue weighted by molar-refractivity contribution is -0.292. The quantitative estimate of drug-likeness (QED) is 0.669. The third kappa shape index (κ3) is 3.29. The van der Waals surface area contributed by atoms with Crippen molar-refractivity contribution in [3.05, 3.63) is 53.1 Å². The first-order valence-electron chi connectivity index (χ1n) is 6.27. The van der Waals surface area contributed by atoms with Crippen molar-refractivity contribution in [2.75, 3.05) is 0 Å². The van der Waals surface area contributed by atoms with E-state index in [1.165, 1.54) is 18.2 Å². The zero-order valence-electron chi connectivity index (χ0n) is 11.6. The van der Waals surface area contributed by atoms with Crippen LogP contribution < -0.4 is 0 Å². The lowest BCUT2D eigenvalue weighted by Crippen LogP contribution is -2.36. The molecule has 1 aromatic carbocycles. The highest BCUT2D eigenvalue weighted by atomic mass is 19.4. The lowest BCUT2D eigenvalue weighted by atomic mass is 10.1. The van der Waals surface area contributed by atoms with Crippen LogP contribution in [0.5, 0.6) is 0 Å². The van der Waals surface area contributed by atoms with E-state index in [2.05, 4.69) is 5.10 Å². The molecule has 12 heteroatoms. The first-order valence-corrected chi connectivity index (χ1v) is 6.27. The maximum absolute atomic E-state index is 14.2. The molecule has 0 aliphatic carbocycles. The largest absolute Gasteiger partial charge is 0.459 e. The van der Waals surface area contributed by atoms with E-state index in [0.717, 1.165) is 12.1 Å². The Morgan fingerprint density at radius 2 is 1.40 bits per heavy atom. The third-order valence-corrected chi connectivity index (χ3v) is 3.08.